The largest absolute Gasteiger partial charge is 0.350 e. The van der Waals surface area contributed by atoms with E-state index in [0.29, 0.717) is 30.1 Å². The van der Waals surface area contributed by atoms with E-state index in [1.54, 1.807) is 29.2 Å². The normalized spacial score (nSPS) is 12.6. The average molecular weight is 536 g/mol. The van der Waals surface area contributed by atoms with Gasteiger partial charge in [-0.25, -0.2) is 8.42 Å². The minimum Gasteiger partial charge on any atom is -0.350 e. The number of benzene rings is 2. The lowest BCUT2D eigenvalue weighted by Gasteiger charge is -2.33. The van der Waals surface area contributed by atoms with E-state index in [9.17, 15) is 18.0 Å². The summed E-state index contributed by atoms with van der Waals surface area (Å²) in [5, 5.41) is 3.50. The van der Waals surface area contributed by atoms with Gasteiger partial charge in [0.05, 0.1) is 11.9 Å². The van der Waals surface area contributed by atoms with Crippen molar-refractivity contribution in [3.63, 3.8) is 0 Å². The maximum Gasteiger partial charge on any atom is 0.243 e. The zero-order valence-electron chi connectivity index (χ0n) is 22.0. The Morgan fingerprint density at radius 2 is 1.61 bits per heavy atom. The maximum absolute atomic E-state index is 13.5. The van der Waals surface area contributed by atoms with E-state index in [-0.39, 0.29) is 24.8 Å². The first-order valence-electron chi connectivity index (χ1n) is 12.1. The first-order chi connectivity index (χ1) is 16.7. The molecule has 0 saturated carbocycles. The van der Waals surface area contributed by atoms with Gasteiger partial charge >= 0.3 is 0 Å². The molecule has 0 fully saturated rings. The topological polar surface area (TPSA) is 86.8 Å². The molecule has 0 saturated heterocycles. The molecule has 36 heavy (non-hydrogen) atoms. The van der Waals surface area contributed by atoms with Crippen molar-refractivity contribution >= 4 is 39.1 Å². The highest BCUT2D eigenvalue weighted by Gasteiger charge is 2.30. The number of hydrogen-bond donors (Lipinski definition) is 1. The van der Waals surface area contributed by atoms with Crippen molar-refractivity contribution in [1.29, 1.82) is 0 Å². The number of anilines is 1. The van der Waals surface area contributed by atoms with Gasteiger partial charge in [-0.2, -0.15) is 0 Å². The Morgan fingerprint density at radius 3 is 2.11 bits per heavy atom. The van der Waals surface area contributed by atoms with Crippen molar-refractivity contribution in [3.8, 4) is 0 Å². The molecular formula is C27H38ClN3O4S. The summed E-state index contributed by atoms with van der Waals surface area (Å²) in [6.07, 6.45) is 2.00. The first kappa shape index (κ1) is 29.6. The summed E-state index contributed by atoms with van der Waals surface area (Å²) in [4.78, 5) is 28.2. The minimum absolute atomic E-state index is 0.102. The van der Waals surface area contributed by atoms with E-state index in [1.165, 1.54) is 4.31 Å². The molecule has 0 bridgehead atoms. The monoisotopic (exact) mass is 535 g/mol. The van der Waals surface area contributed by atoms with Gasteiger partial charge in [0.25, 0.3) is 0 Å². The second kappa shape index (κ2) is 12.6. The molecule has 0 aliphatic carbocycles. The van der Waals surface area contributed by atoms with Crippen LogP contribution in [0.2, 0.25) is 5.02 Å². The molecule has 2 amide bonds. The Balaban J connectivity index is 2.22. The predicted molar refractivity (Wildman–Crippen MR) is 147 cm³/mol. The zero-order chi connectivity index (χ0) is 27.1. The Morgan fingerprint density at radius 1 is 1.03 bits per heavy atom. The van der Waals surface area contributed by atoms with Crippen LogP contribution in [-0.4, -0.2) is 49.5 Å². The molecular weight excluding hydrogens is 498 g/mol. The van der Waals surface area contributed by atoms with Gasteiger partial charge in [-0.1, -0.05) is 48.4 Å². The van der Waals surface area contributed by atoms with Gasteiger partial charge in [0.2, 0.25) is 21.8 Å². The van der Waals surface area contributed by atoms with E-state index in [4.69, 9.17) is 11.6 Å². The first-order valence-corrected chi connectivity index (χ1v) is 14.3. The molecule has 0 radical (unpaired) electrons. The van der Waals surface area contributed by atoms with Crippen molar-refractivity contribution in [2.45, 2.75) is 72.0 Å². The van der Waals surface area contributed by atoms with Crippen molar-refractivity contribution in [3.05, 3.63) is 64.7 Å². The summed E-state index contributed by atoms with van der Waals surface area (Å²) < 4.78 is 26.1. The fraction of sp³-hybridized carbons (Fsp3) is 0.481. The lowest BCUT2D eigenvalue weighted by molar-refractivity contribution is -0.142. The van der Waals surface area contributed by atoms with E-state index in [2.05, 4.69) is 5.32 Å². The minimum atomic E-state index is -3.56. The standard InChI is InChI=1S/C27H38ClN3O4S/c1-7-24(26(33)29-27(3,4)5)30(19-21-12-10-20(2)11-13-21)25(32)9-8-18-31(36(6,34)35)23-16-14-22(28)15-17-23/h10-17,24H,7-9,18-19H2,1-6H3,(H,29,33)/t24-/m0/s1. The lowest BCUT2D eigenvalue weighted by atomic mass is 10.0. The molecule has 0 aromatic heterocycles. The van der Waals surface area contributed by atoms with Crippen LogP contribution in [0, 0.1) is 6.92 Å². The number of aryl methyl sites for hydroxylation is 1. The molecule has 1 atom stereocenters. The molecule has 198 valence electrons. The SMILES string of the molecule is CC[C@@H](C(=O)NC(C)(C)C)N(Cc1ccc(C)cc1)C(=O)CCCN(c1ccc(Cl)cc1)S(C)(=O)=O. The summed E-state index contributed by atoms with van der Waals surface area (Å²) in [7, 11) is -3.56. The van der Waals surface area contributed by atoms with Crippen LogP contribution in [0.4, 0.5) is 5.69 Å². The molecule has 9 heteroatoms. The lowest BCUT2D eigenvalue weighted by Crippen LogP contribution is -2.53. The second-order valence-corrected chi connectivity index (χ2v) is 12.4. The highest BCUT2D eigenvalue weighted by atomic mass is 35.5. The Kier molecular flexibility index (Phi) is 10.4. The molecule has 0 heterocycles. The number of nitrogens with one attached hydrogen (secondary N) is 1. The number of carbonyl (C=O) groups excluding carboxylic acids is 2. The summed E-state index contributed by atoms with van der Waals surface area (Å²) in [6.45, 7) is 10.0. The highest BCUT2D eigenvalue weighted by molar-refractivity contribution is 7.92. The second-order valence-electron chi connectivity index (χ2n) is 10.1. The van der Waals surface area contributed by atoms with Gasteiger partial charge < -0.3 is 10.2 Å². The Bertz CT molecular complexity index is 1130. The van der Waals surface area contributed by atoms with E-state index in [0.717, 1.165) is 17.4 Å². The third-order valence-corrected chi connectivity index (χ3v) is 7.07. The van der Waals surface area contributed by atoms with Crippen LogP contribution in [0.1, 0.15) is 58.1 Å². The smallest absolute Gasteiger partial charge is 0.243 e. The van der Waals surface area contributed by atoms with Gasteiger partial charge in [0, 0.05) is 30.1 Å². The summed E-state index contributed by atoms with van der Waals surface area (Å²) in [6, 6.07) is 13.8. The Hall–Kier alpha value is -2.58. The average Bonchev–Trinajstić information content (AvgIpc) is 2.76. The van der Waals surface area contributed by atoms with Crippen molar-refractivity contribution in [2.24, 2.45) is 0 Å². The van der Waals surface area contributed by atoms with Crippen LogP contribution in [-0.2, 0) is 26.2 Å². The van der Waals surface area contributed by atoms with Gasteiger partial charge in [0.15, 0.2) is 0 Å². The number of hydrogen-bond acceptors (Lipinski definition) is 4. The van der Waals surface area contributed by atoms with Crippen LogP contribution in [0.25, 0.3) is 0 Å². The maximum atomic E-state index is 13.5. The molecule has 0 aliphatic rings. The molecule has 0 spiro atoms. The van der Waals surface area contributed by atoms with Crippen LogP contribution < -0.4 is 9.62 Å². The molecule has 2 rings (SSSR count). The molecule has 2 aromatic rings. The van der Waals surface area contributed by atoms with Gasteiger partial charge in [-0.15, -0.1) is 0 Å². The predicted octanol–water partition coefficient (Wildman–Crippen LogP) is 4.92. The third kappa shape index (κ3) is 9.13. The zero-order valence-corrected chi connectivity index (χ0v) is 23.6. The quantitative estimate of drug-likeness (QED) is 0.442. The van der Waals surface area contributed by atoms with Crippen LogP contribution >= 0.6 is 11.6 Å². The number of halogens is 1. The van der Waals surface area contributed by atoms with Crippen LogP contribution in [0.5, 0.6) is 0 Å². The fourth-order valence-electron chi connectivity index (χ4n) is 3.87. The number of rotatable bonds is 11. The number of nitrogens with zero attached hydrogens (tertiary/aromatic N) is 2. The third-order valence-electron chi connectivity index (χ3n) is 5.62. The van der Waals surface area contributed by atoms with Crippen molar-refractivity contribution < 1.29 is 18.0 Å². The van der Waals surface area contributed by atoms with E-state index < -0.39 is 21.6 Å². The molecule has 1 N–H and O–H groups in total. The molecule has 0 unspecified atom stereocenters. The Labute approximate surface area is 220 Å². The number of sulfonamides is 1. The number of amides is 2. The fourth-order valence-corrected chi connectivity index (χ4v) is 4.97. The molecule has 2 aromatic carbocycles. The summed E-state index contributed by atoms with van der Waals surface area (Å²) in [5.74, 6) is -0.402. The van der Waals surface area contributed by atoms with Crippen molar-refractivity contribution in [2.75, 3.05) is 17.1 Å². The van der Waals surface area contributed by atoms with Crippen molar-refractivity contribution in [1.82, 2.24) is 10.2 Å². The van der Waals surface area contributed by atoms with E-state index >= 15 is 0 Å². The summed E-state index contributed by atoms with van der Waals surface area (Å²) in [5.41, 5.74) is 2.09. The molecule has 7 nitrogen and oxygen atoms in total. The van der Waals surface area contributed by atoms with Gasteiger partial charge in [-0.3, -0.25) is 13.9 Å². The van der Waals surface area contributed by atoms with Gasteiger partial charge in [-0.05, 0) is 70.4 Å². The number of carbonyl (C=O) groups is 2. The molecule has 0 aliphatic heterocycles. The summed E-state index contributed by atoms with van der Waals surface area (Å²) >= 11 is 5.94. The van der Waals surface area contributed by atoms with E-state index in [1.807, 2.05) is 58.9 Å². The van der Waals surface area contributed by atoms with Crippen LogP contribution in [0.3, 0.4) is 0 Å². The van der Waals surface area contributed by atoms with Crippen LogP contribution in [0.15, 0.2) is 48.5 Å². The highest BCUT2D eigenvalue weighted by Crippen LogP contribution is 2.22. The van der Waals surface area contributed by atoms with Gasteiger partial charge in [0.1, 0.15) is 6.04 Å².